The highest BCUT2D eigenvalue weighted by Crippen LogP contribution is 2.16. The molecule has 2 unspecified atom stereocenters. The van der Waals surface area contributed by atoms with Gasteiger partial charge in [0.25, 0.3) is 0 Å². The Labute approximate surface area is 116 Å². The van der Waals surface area contributed by atoms with Crippen LogP contribution in [0.25, 0.3) is 0 Å². The molecule has 1 saturated heterocycles. The Bertz CT molecular complexity index is 208. The number of hydrogen-bond donors (Lipinski definition) is 2. The molecule has 1 fully saturated rings. The van der Waals surface area contributed by atoms with Crippen LogP contribution >= 0.6 is 11.8 Å². The van der Waals surface area contributed by atoms with Crippen molar-refractivity contribution < 1.29 is 9.84 Å². The number of aliphatic hydroxyl groups excluding tert-OH is 1. The summed E-state index contributed by atoms with van der Waals surface area (Å²) >= 11 is 2.03. The summed E-state index contributed by atoms with van der Waals surface area (Å²) in [6, 6.07) is 0.592. The molecule has 1 rings (SSSR count). The van der Waals surface area contributed by atoms with E-state index in [-0.39, 0.29) is 12.2 Å². The normalized spacial score (nSPS) is 21.2. The molecule has 18 heavy (non-hydrogen) atoms. The van der Waals surface area contributed by atoms with Gasteiger partial charge in [-0.1, -0.05) is 13.8 Å². The first-order valence-corrected chi connectivity index (χ1v) is 8.34. The molecule has 0 aromatic heterocycles. The fourth-order valence-electron chi connectivity index (χ4n) is 2.27. The number of hydrogen-bond acceptors (Lipinski definition) is 4. The van der Waals surface area contributed by atoms with Crippen molar-refractivity contribution in [2.45, 2.75) is 58.3 Å². The smallest absolute Gasteiger partial charge is 0.0897 e. The van der Waals surface area contributed by atoms with Crippen LogP contribution in [0.15, 0.2) is 0 Å². The van der Waals surface area contributed by atoms with Crippen molar-refractivity contribution in [2.24, 2.45) is 5.92 Å². The van der Waals surface area contributed by atoms with E-state index in [0.717, 1.165) is 6.42 Å². The second kappa shape index (κ2) is 9.18. The number of ether oxygens (including phenoxy) is 1. The van der Waals surface area contributed by atoms with Gasteiger partial charge in [0.1, 0.15) is 0 Å². The van der Waals surface area contributed by atoms with Crippen molar-refractivity contribution in [1.82, 2.24) is 5.32 Å². The Balaban J connectivity index is 2.04. The standard InChI is InChI=1S/C14H29NO2S/c1-11(2)8-12(3)17-10-14(16)9-15-13-4-6-18-7-5-13/h11-16H,4-10H2,1-3H3. The first kappa shape index (κ1) is 16.3. The molecule has 1 aliphatic rings. The van der Waals surface area contributed by atoms with Gasteiger partial charge < -0.3 is 15.2 Å². The summed E-state index contributed by atoms with van der Waals surface area (Å²) in [4.78, 5) is 0. The van der Waals surface area contributed by atoms with Gasteiger partial charge in [0.05, 0.1) is 18.8 Å². The van der Waals surface area contributed by atoms with E-state index < -0.39 is 0 Å². The Hall–Kier alpha value is 0.230. The molecular weight excluding hydrogens is 246 g/mol. The maximum absolute atomic E-state index is 9.87. The molecule has 4 heteroatoms. The van der Waals surface area contributed by atoms with Crippen molar-refractivity contribution in [3.05, 3.63) is 0 Å². The largest absolute Gasteiger partial charge is 0.389 e. The van der Waals surface area contributed by atoms with Crippen LogP contribution in [0.5, 0.6) is 0 Å². The highest BCUT2D eigenvalue weighted by molar-refractivity contribution is 7.99. The third-order valence-electron chi connectivity index (χ3n) is 3.24. The molecule has 0 amide bonds. The van der Waals surface area contributed by atoms with Gasteiger partial charge in [0.2, 0.25) is 0 Å². The van der Waals surface area contributed by atoms with Gasteiger partial charge in [-0.15, -0.1) is 0 Å². The minimum Gasteiger partial charge on any atom is -0.389 e. The molecule has 0 aromatic carbocycles. The number of thioether (sulfide) groups is 1. The molecule has 0 saturated carbocycles. The fraction of sp³-hybridized carbons (Fsp3) is 1.00. The van der Waals surface area contributed by atoms with E-state index in [1.165, 1.54) is 24.3 Å². The zero-order chi connectivity index (χ0) is 13.4. The monoisotopic (exact) mass is 275 g/mol. The van der Waals surface area contributed by atoms with Crippen LogP contribution in [-0.4, -0.2) is 48.0 Å². The van der Waals surface area contributed by atoms with E-state index in [2.05, 4.69) is 26.1 Å². The van der Waals surface area contributed by atoms with E-state index in [1.54, 1.807) is 0 Å². The van der Waals surface area contributed by atoms with E-state index >= 15 is 0 Å². The van der Waals surface area contributed by atoms with Gasteiger partial charge in [-0.05, 0) is 43.6 Å². The Morgan fingerprint density at radius 2 is 1.94 bits per heavy atom. The van der Waals surface area contributed by atoms with Crippen LogP contribution in [0.1, 0.15) is 40.0 Å². The molecule has 0 radical (unpaired) electrons. The topological polar surface area (TPSA) is 41.5 Å². The average molecular weight is 275 g/mol. The lowest BCUT2D eigenvalue weighted by Crippen LogP contribution is -2.39. The Morgan fingerprint density at radius 3 is 2.56 bits per heavy atom. The molecular formula is C14H29NO2S. The molecule has 0 spiro atoms. The van der Waals surface area contributed by atoms with Crippen LogP contribution in [0.4, 0.5) is 0 Å². The highest BCUT2D eigenvalue weighted by Gasteiger charge is 2.15. The Kier molecular flexibility index (Phi) is 8.31. The zero-order valence-electron chi connectivity index (χ0n) is 12.0. The van der Waals surface area contributed by atoms with Gasteiger partial charge in [0.15, 0.2) is 0 Å². The summed E-state index contributed by atoms with van der Waals surface area (Å²) in [6.45, 7) is 7.57. The van der Waals surface area contributed by atoms with E-state index in [1.807, 2.05) is 11.8 Å². The van der Waals surface area contributed by atoms with Gasteiger partial charge in [-0.3, -0.25) is 0 Å². The quantitative estimate of drug-likeness (QED) is 0.713. The van der Waals surface area contributed by atoms with Crippen LogP contribution in [-0.2, 0) is 4.74 Å². The summed E-state index contributed by atoms with van der Waals surface area (Å²) in [5, 5.41) is 13.3. The first-order chi connectivity index (χ1) is 8.58. The minimum atomic E-state index is -0.380. The van der Waals surface area contributed by atoms with Crippen LogP contribution in [0.2, 0.25) is 0 Å². The third kappa shape index (κ3) is 7.62. The molecule has 0 aromatic rings. The van der Waals surface area contributed by atoms with Gasteiger partial charge in [-0.25, -0.2) is 0 Å². The SMILES string of the molecule is CC(C)CC(C)OCC(O)CNC1CCSCC1. The van der Waals surface area contributed by atoms with Crippen LogP contribution in [0.3, 0.4) is 0 Å². The lowest BCUT2D eigenvalue weighted by molar-refractivity contribution is -0.00933. The summed E-state index contributed by atoms with van der Waals surface area (Å²) in [5.41, 5.74) is 0. The third-order valence-corrected chi connectivity index (χ3v) is 4.29. The van der Waals surface area contributed by atoms with Gasteiger partial charge >= 0.3 is 0 Å². The molecule has 108 valence electrons. The van der Waals surface area contributed by atoms with E-state index in [0.29, 0.717) is 25.1 Å². The average Bonchev–Trinajstić information content (AvgIpc) is 2.34. The lowest BCUT2D eigenvalue weighted by atomic mass is 10.1. The first-order valence-electron chi connectivity index (χ1n) is 7.18. The predicted octanol–water partition coefficient (Wildman–Crippen LogP) is 2.28. The van der Waals surface area contributed by atoms with E-state index in [9.17, 15) is 5.11 Å². The number of aliphatic hydroxyl groups is 1. The molecule has 2 atom stereocenters. The summed E-state index contributed by atoms with van der Waals surface area (Å²) in [7, 11) is 0. The van der Waals surface area contributed by atoms with Crippen molar-refractivity contribution in [3.8, 4) is 0 Å². The zero-order valence-corrected chi connectivity index (χ0v) is 12.8. The lowest BCUT2D eigenvalue weighted by Gasteiger charge is -2.24. The number of rotatable bonds is 8. The highest BCUT2D eigenvalue weighted by atomic mass is 32.2. The van der Waals surface area contributed by atoms with Crippen molar-refractivity contribution in [2.75, 3.05) is 24.7 Å². The molecule has 0 bridgehead atoms. The second-order valence-electron chi connectivity index (χ2n) is 5.72. The maximum Gasteiger partial charge on any atom is 0.0897 e. The number of nitrogens with one attached hydrogen (secondary N) is 1. The van der Waals surface area contributed by atoms with Crippen LogP contribution < -0.4 is 5.32 Å². The van der Waals surface area contributed by atoms with Crippen molar-refractivity contribution in [3.63, 3.8) is 0 Å². The fourth-order valence-corrected chi connectivity index (χ4v) is 3.38. The van der Waals surface area contributed by atoms with E-state index in [4.69, 9.17) is 4.74 Å². The Morgan fingerprint density at radius 1 is 1.28 bits per heavy atom. The molecule has 2 N–H and O–H groups in total. The van der Waals surface area contributed by atoms with Gasteiger partial charge in [0, 0.05) is 12.6 Å². The van der Waals surface area contributed by atoms with Crippen molar-refractivity contribution in [1.29, 1.82) is 0 Å². The molecule has 0 aliphatic carbocycles. The summed E-state index contributed by atoms with van der Waals surface area (Å²) < 4.78 is 5.66. The van der Waals surface area contributed by atoms with Crippen LogP contribution in [0, 0.1) is 5.92 Å². The summed E-state index contributed by atoms with van der Waals surface area (Å²) in [6.07, 6.45) is 3.36. The predicted molar refractivity (Wildman–Crippen MR) is 79.2 cm³/mol. The summed E-state index contributed by atoms with van der Waals surface area (Å²) in [5.74, 6) is 3.14. The second-order valence-corrected chi connectivity index (χ2v) is 6.95. The van der Waals surface area contributed by atoms with Gasteiger partial charge in [-0.2, -0.15) is 11.8 Å². The minimum absolute atomic E-state index is 0.241. The molecule has 1 heterocycles. The maximum atomic E-state index is 9.87. The van der Waals surface area contributed by atoms with Crippen molar-refractivity contribution >= 4 is 11.8 Å². The molecule has 3 nitrogen and oxygen atoms in total. The molecule has 1 aliphatic heterocycles.